The van der Waals surface area contributed by atoms with Crippen LogP contribution in [-0.2, 0) is 11.3 Å². The van der Waals surface area contributed by atoms with Crippen LogP contribution in [0.1, 0.15) is 39.2 Å². The number of anilines is 1. The Balaban J connectivity index is 1.67. The van der Waals surface area contributed by atoms with E-state index in [4.69, 9.17) is 22.1 Å². The van der Waals surface area contributed by atoms with E-state index in [0.29, 0.717) is 24.2 Å². The molecule has 26 heavy (non-hydrogen) atoms. The normalized spacial score (nSPS) is 16.3. The third-order valence-electron chi connectivity index (χ3n) is 4.60. The van der Waals surface area contributed by atoms with Gasteiger partial charge in [-0.1, -0.05) is 11.6 Å². The fourth-order valence-electron chi connectivity index (χ4n) is 3.39. The van der Waals surface area contributed by atoms with E-state index in [-0.39, 0.29) is 12.0 Å². The maximum atomic E-state index is 12.2. The summed E-state index contributed by atoms with van der Waals surface area (Å²) in [5.74, 6) is 0.639. The molecule has 1 aliphatic rings. The third-order valence-corrected chi connectivity index (χ3v) is 4.87. The average Bonchev–Trinajstić information content (AvgIpc) is 2.82. The number of piperidine rings is 1. The highest BCUT2D eigenvalue weighted by atomic mass is 35.5. The third kappa shape index (κ3) is 4.03. The highest BCUT2D eigenvalue weighted by Gasteiger charge is 2.27. The summed E-state index contributed by atoms with van der Waals surface area (Å²) in [6.45, 7) is 9.88. The van der Waals surface area contributed by atoms with Crippen molar-refractivity contribution in [3.8, 4) is 0 Å². The zero-order chi connectivity index (χ0) is 19.1. The van der Waals surface area contributed by atoms with E-state index in [9.17, 15) is 4.79 Å². The van der Waals surface area contributed by atoms with Gasteiger partial charge in [-0.25, -0.2) is 9.78 Å². The van der Waals surface area contributed by atoms with Gasteiger partial charge in [-0.05, 0) is 52.0 Å². The lowest BCUT2D eigenvalue weighted by Gasteiger charge is -2.33. The number of carbonyl (C=O) groups is 1. The number of halogens is 1. The summed E-state index contributed by atoms with van der Waals surface area (Å²) >= 11 is 6.23. The van der Waals surface area contributed by atoms with Gasteiger partial charge in [0, 0.05) is 25.8 Å². The summed E-state index contributed by atoms with van der Waals surface area (Å²) < 4.78 is 7.55. The minimum Gasteiger partial charge on any atom is -0.444 e. The van der Waals surface area contributed by atoms with E-state index < -0.39 is 5.60 Å². The maximum Gasteiger partial charge on any atom is 0.410 e. The molecule has 1 fully saturated rings. The van der Waals surface area contributed by atoms with Crippen LogP contribution in [-0.4, -0.2) is 44.2 Å². The van der Waals surface area contributed by atoms with Crippen molar-refractivity contribution in [3.05, 3.63) is 16.9 Å². The van der Waals surface area contributed by atoms with Gasteiger partial charge < -0.3 is 19.9 Å². The molecule has 0 spiro atoms. The van der Waals surface area contributed by atoms with Crippen molar-refractivity contribution in [2.24, 2.45) is 5.92 Å². The van der Waals surface area contributed by atoms with Gasteiger partial charge in [0.05, 0.1) is 5.39 Å². The number of hydrogen-bond acceptors (Lipinski definition) is 5. The predicted octanol–water partition coefficient (Wildman–Crippen LogP) is 3.62. The Kier molecular flexibility index (Phi) is 5.01. The summed E-state index contributed by atoms with van der Waals surface area (Å²) in [6, 6.07) is 0. The van der Waals surface area contributed by atoms with Crippen LogP contribution in [0.15, 0.2) is 6.20 Å². The first-order valence-electron chi connectivity index (χ1n) is 8.90. The molecular weight excluding hydrogens is 354 g/mol. The van der Waals surface area contributed by atoms with Gasteiger partial charge in [0.15, 0.2) is 0 Å². The van der Waals surface area contributed by atoms with E-state index >= 15 is 0 Å². The monoisotopic (exact) mass is 379 g/mol. The second kappa shape index (κ2) is 6.95. The van der Waals surface area contributed by atoms with Gasteiger partial charge in [0.25, 0.3) is 0 Å². The molecule has 0 unspecified atom stereocenters. The Labute approximate surface area is 158 Å². The molecule has 142 valence electrons. The summed E-state index contributed by atoms with van der Waals surface area (Å²) in [7, 11) is 0. The molecule has 0 atom stereocenters. The Morgan fingerprint density at radius 1 is 1.35 bits per heavy atom. The number of amides is 1. The number of likely N-dealkylation sites (tertiary alicyclic amines) is 1. The molecule has 8 heteroatoms. The van der Waals surface area contributed by atoms with Crippen molar-refractivity contribution in [1.82, 2.24) is 19.4 Å². The Hall–Kier alpha value is -2.02. The van der Waals surface area contributed by atoms with Crippen LogP contribution in [0.2, 0.25) is 5.15 Å². The van der Waals surface area contributed by atoms with Gasteiger partial charge in [-0.15, -0.1) is 0 Å². The molecule has 1 saturated heterocycles. The molecule has 0 saturated carbocycles. The van der Waals surface area contributed by atoms with Crippen molar-refractivity contribution in [3.63, 3.8) is 0 Å². The van der Waals surface area contributed by atoms with Crippen LogP contribution in [0.25, 0.3) is 11.0 Å². The highest BCUT2D eigenvalue weighted by Crippen LogP contribution is 2.29. The Bertz CT molecular complexity index is 819. The zero-order valence-corrected chi connectivity index (χ0v) is 16.5. The molecule has 1 amide bonds. The van der Waals surface area contributed by atoms with Gasteiger partial charge in [-0.2, -0.15) is 4.98 Å². The first-order chi connectivity index (χ1) is 12.1. The van der Waals surface area contributed by atoms with Gasteiger partial charge in [-0.3, -0.25) is 0 Å². The number of nitrogen functional groups attached to an aromatic ring is 1. The standard InChI is InChI=1S/C18H26ClN5O2/c1-11-9-24(15-13(11)14(19)21-16(20)22-15)10-12-5-7-23(8-6-12)17(25)26-18(2,3)4/h9,12H,5-8,10H2,1-4H3,(H2,20,21,22). The van der Waals surface area contributed by atoms with Gasteiger partial charge >= 0.3 is 6.09 Å². The van der Waals surface area contributed by atoms with Crippen LogP contribution < -0.4 is 5.73 Å². The van der Waals surface area contributed by atoms with E-state index in [1.54, 1.807) is 4.90 Å². The summed E-state index contributed by atoms with van der Waals surface area (Å²) in [5.41, 5.74) is 7.11. The highest BCUT2D eigenvalue weighted by molar-refractivity contribution is 6.34. The predicted molar refractivity (Wildman–Crippen MR) is 102 cm³/mol. The minimum atomic E-state index is -0.464. The molecule has 0 aliphatic carbocycles. The van der Waals surface area contributed by atoms with Crippen molar-refractivity contribution < 1.29 is 9.53 Å². The summed E-state index contributed by atoms with van der Waals surface area (Å²) in [4.78, 5) is 22.4. The topological polar surface area (TPSA) is 86.3 Å². The second-order valence-corrected chi connectivity index (χ2v) is 8.30. The van der Waals surface area contributed by atoms with E-state index in [0.717, 1.165) is 36.0 Å². The van der Waals surface area contributed by atoms with Crippen molar-refractivity contribution >= 4 is 34.7 Å². The van der Waals surface area contributed by atoms with Crippen molar-refractivity contribution in [2.75, 3.05) is 18.8 Å². The minimum absolute atomic E-state index is 0.182. The van der Waals surface area contributed by atoms with Gasteiger partial charge in [0.2, 0.25) is 5.95 Å². The number of fused-ring (bicyclic) bond motifs is 1. The molecule has 0 bridgehead atoms. The van der Waals surface area contributed by atoms with E-state index in [1.807, 2.05) is 33.9 Å². The number of nitrogens with two attached hydrogens (primary N) is 1. The lowest BCUT2D eigenvalue weighted by Crippen LogP contribution is -2.42. The SMILES string of the molecule is Cc1cn(CC2CCN(C(=O)OC(C)(C)C)CC2)c2nc(N)nc(Cl)c12. The molecule has 0 aromatic carbocycles. The largest absolute Gasteiger partial charge is 0.444 e. The zero-order valence-electron chi connectivity index (χ0n) is 15.8. The van der Waals surface area contributed by atoms with Crippen LogP contribution >= 0.6 is 11.6 Å². The first-order valence-corrected chi connectivity index (χ1v) is 9.28. The lowest BCUT2D eigenvalue weighted by molar-refractivity contribution is 0.0178. The van der Waals surface area contributed by atoms with Crippen molar-refractivity contribution in [2.45, 2.75) is 52.7 Å². The fourth-order valence-corrected chi connectivity index (χ4v) is 3.71. The maximum absolute atomic E-state index is 12.2. The quantitative estimate of drug-likeness (QED) is 0.805. The number of hydrogen-bond donors (Lipinski definition) is 1. The van der Waals surface area contributed by atoms with Crippen LogP contribution in [0.4, 0.5) is 10.7 Å². The van der Waals surface area contributed by atoms with Crippen molar-refractivity contribution in [1.29, 1.82) is 0 Å². The number of aromatic nitrogens is 3. The van der Waals surface area contributed by atoms with E-state index in [2.05, 4.69) is 14.5 Å². The molecule has 2 aromatic heterocycles. The van der Waals surface area contributed by atoms with Crippen LogP contribution in [0.5, 0.6) is 0 Å². The molecule has 2 aromatic rings. The fraction of sp³-hybridized carbons (Fsp3) is 0.611. The Morgan fingerprint density at radius 3 is 2.62 bits per heavy atom. The molecule has 2 N–H and O–H groups in total. The average molecular weight is 380 g/mol. The number of aryl methyl sites for hydroxylation is 1. The number of rotatable bonds is 2. The molecule has 3 rings (SSSR count). The number of nitrogens with zero attached hydrogens (tertiary/aromatic N) is 4. The molecule has 7 nitrogen and oxygen atoms in total. The molecule has 1 aliphatic heterocycles. The molecule has 0 radical (unpaired) electrons. The van der Waals surface area contributed by atoms with Gasteiger partial charge in [0.1, 0.15) is 16.4 Å². The smallest absolute Gasteiger partial charge is 0.410 e. The number of ether oxygens (including phenoxy) is 1. The van der Waals surface area contributed by atoms with Crippen LogP contribution in [0.3, 0.4) is 0 Å². The first kappa shape index (κ1) is 18.8. The van der Waals surface area contributed by atoms with Crippen LogP contribution in [0, 0.1) is 12.8 Å². The second-order valence-electron chi connectivity index (χ2n) is 7.95. The number of carbonyl (C=O) groups excluding carboxylic acids is 1. The summed E-state index contributed by atoms with van der Waals surface area (Å²) in [5, 5.41) is 1.25. The lowest BCUT2D eigenvalue weighted by atomic mass is 9.97. The Morgan fingerprint density at radius 2 is 2.00 bits per heavy atom. The van der Waals surface area contributed by atoms with E-state index in [1.165, 1.54) is 0 Å². The summed E-state index contributed by atoms with van der Waals surface area (Å²) in [6.07, 6.45) is 3.66. The molecular formula is C18H26ClN5O2. The molecule has 3 heterocycles.